The number of aryl methyl sites for hydroxylation is 1. The minimum atomic E-state index is -0.314. The molecule has 7 nitrogen and oxygen atoms in total. The number of amides is 1. The van der Waals surface area contributed by atoms with Gasteiger partial charge < -0.3 is 15.2 Å². The zero-order valence-electron chi connectivity index (χ0n) is 12.8. The molecule has 0 radical (unpaired) electrons. The first-order valence-electron chi connectivity index (χ1n) is 7.37. The molecule has 2 heterocycles. The normalized spacial score (nSPS) is 17.2. The Bertz CT molecular complexity index is 543. The number of aromatic nitrogens is 3. The molecule has 1 aromatic heterocycles. The first-order chi connectivity index (χ1) is 10.0. The number of primary amides is 1. The molecular weight excluding hydrogens is 288 g/mol. The van der Waals surface area contributed by atoms with E-state index < -0.39 is 0 Å². The highest BCUT2D eigenvalue weighted by Crippen LogP contribution is 2.06. The fourth-order valence-electron chi connectivity index (χ4n) is 2.51. The fourth-order valence-corrected chi connectivity index (χ4v) is 2.72. The summed E-state index contributed by atoms with van der Waals surface area (Å²) < 4.78 is 4.39. The van der Waals surface area contributed by atoms with E-state index in [2.05, 4.69) is 21.8 Å². The number of carbonyl (C=O) groups excluding carboxylic acids is 1. The summed E-state index contributed by atoms with van der Waals surface area (Å²) in [6.07, 6.45) is 0.834. The van der Waals surface area contributed by atoms with Crippen molar-refractivity contribution in [1.29, 1.82) is 0 Å². The highest BCUT2D eigenvalue weighted by atomic mass is 32.1. The molecule has 0 aromatic carbocycles. The van der Waals surface area contributed by atoms with Crippen molar-refractivity contribution in [3.63, 3.8) is 0 Å². The molecule has 118 valence electrons. The average Bonchev–Trinajstić information content (AvgIpc) is 2.74. The molecular formula is C13H24N6OS. The molecule has 2 N–H and O–H groups in total. The number of hydrogen-bond donors (Lipinski definition) is 1. The number of nitrogens with two attached hydrogens (primary N) is 1. The number of piperazine rings is 1. The van der Waals surface area contributed by atoms with Crippen LogP contribution >= 0.6 is 12.2 Å². The van der Waals surface area contributed by atoms with Gasteiger partial charge in [-0.25, -0.2) is 4.68 Å². The molecule has 2 rings (SSSR count). The lowest BCUT2D eigenvalue weighted by Crippen LogP contribution is -2.46. The van der Waals surface area contributed by atoms with Crippen molar-refractivity contribution in [3.8, 4) is 0 Å². The van der Waals surface area contributed by atoms with Crippen LogP contribution in [-0.2, 0) is 24.9 Å². The van der Waals surface area contributed by atoms with Crippen molar-refractivity contribution in [2.75, 3.05) is 32.7 Å². The van der Waals surface area contributed by atoms with Crippen molar-refractivity contribution >= 4 is 18.1 Å². The van der Waals surface area contributed by atoms with E-state index >= 15 is 0 Å². The average molecular weight is 312 g/mol. The van der Waals surface area contributed by atoms with Crippen LogP contribution < -0.4 is 5.73 Å². The maximum atomic E-state index is 10.9. The molecule has 0 spiro atoms. The van der Waals surface area contributed by atoms with E-state index in [1.807, 2.05) is 16.3 Å². The smallest absolute Gasteiger partial charge is 0.217 e. The van der Waals surface area contributed by atoms with Crippen molar-refractivity contribution in [2.45, 2.75) is 26.4 Å². The second kappa shape index (κ2) is 7.15. The number of hydrogen-bond acceptors (Lipinski definition) is 5. The van der Waals surface area contributed by atoms with E-state index in [9.17, 15) is 4.79 Å². The summed E-state index contributed by atoms with van der Waals surface area (Å²) in [6, 6.07) is 0. The van der Waals surface area contributed by atoms with Crippen LogP contribution in [0.4, 0.5) is 0 Å². The van der Waals surface area contributed by atoms with Crippen molar-refractivity contribution in [1.82, 2.24) is 24.1 Å². The monoisotopic (exact) mass is 312 g/mol. The van der Waals surface area contributed by atoms with Crippen LogP contribution in [0.25, 0.3) is 0 Å². The first-order valence-corrected chi connectivity index (χ1v) is 7.77. The minimum absolute atomic E-state index is 0.300. The van der Waals surface area contributed by atoms with Crippen LogP contribution in [0.3, 0.4) is 0 Å². The van der Waals surface area contributed by atoms with Crippen LogP contribution in [0.15, 0.2) is 0 Å². The lowest BCUT2D eigenvalue weighted by atomic mass is 10.3. The lowest BCUT2D eigenvalue weighted by Gasteiger charge is -2.33. The number of rotatable bonds is 6. The van der Waals surface area contributed by atoms with Gasteiger partial charge in [-0.1, -0.05) is 6.92 Å². The third kappa shape index (κ3) is 4.12. The zero-order chi connectivity index (χ0) is 15.4. The van der Waals surface area contributed by atoms with Crippen LogP contribution in [0, 0.1) is 4.77 Å². The van der Waals surface area contributed by atoms with Crippen LogP contribution in [-0.4, -0.2) is 62.8 Å². The summed E-state index contributed by atoms with van der Waals surface area (Å²) >= 11 is 5.42. The third-order valence-corrected chi connectivity index (χ3v) is 4.46. The molecule has 0 atom stereocenters. The Hall–Kier alpha value is -1.25. The molecule has 8 heteroatoms. The Balaban J connectivity index is 1.99. The predicted octanol–water partition coefficient (Wildman–Crippen LogP) is -0.0360. The Morgan fingerprint density at radius 3 is 2.48 bits per heavy atom. The number of likely N-dealkylation sites (N-methyl/N-ethyl adjacent to an activating group) is 1. The Morgan fingerprint density at radius 2 is 1.90 bits per heavy atom. The number of nitrogens with zero attached hydrogens (tertiary/aromatic N) is 5. The largest absolute Gasteiger partial charge is 0.370 e. The van der Waals surface area contributed by atoms with Gasteiger partial charge in [-0.2, -0.15) is 5.10 Å². The minimum Gasteiger partial charge on any atom is -0.370 e. The maximum Gasteiger partial charge on any atom is 0.217 e. The second-order valence-electron chi connectivity index (χ2n) is 5.42. The summed E-state index contributed by atoms with van der Waals surface area (Å²) in [5.74, 6) is 0.497. The topological polar surface area (TPSA) is 72.3 Å². The quantitative estimate of drug-likeness (QED) is 0.747. The van der Waals surface area contributed by atoms with Gasteiger partial charge in [-0.3, -0.25) is 9.69 Å². The highest BCUT2D eigenvalue weighted by molar-refractivity contribution is 7.71. The second-order valence-corrected chi connectivity index (χ2v) is 5.78. The van der Waals surface area contributed by atoms with Gasteiger partial charge in [0.05, 0.1) is 6.67 Å². The molecule has 0 bridgehead atoms. The summed E-state index contributed by atoms with van der Waals surface area (Å²) in [4.78, 5) is 15.7. The van der Waals surface area contributed by atoms with Crippen LogP contribution in [0.1, 0.15) is 19.2 Å². The van der Waals surface area contributed by atoms with Crippen molar-refractivity contribution < 1.29 is 4.79 Å². The summed E-state index contributed by atoms with van der Waals surface area (Å²) in [6.45, 7) is 8.24. The highest BCUT2D eigenvalue weighted by Gasteiger charge is 2.17. The third-order valence-electron chi connectivity index (χ3n) is 3.97. The number of carbonyl (C=O) groups is 1. The van der Waals surface area contributed by atoms with Gasteiger partial charge in [-0.15, -0.1) is 0 Å². The van der Waals surface area contributed by atoms with E-state index in [1.54, 1.807) is 0 Å². The zero-order valence-corrected chi connectivity index (χ0v) is 13.6. The van der Waals surface area contributed by atoms with E-state index in [0.717, 1.165) is 38.5 Å². The van der Waals surface area contributed by atoms with E-state index in [0.29, 0.717) is 24.3 Å². The Labute approximate surface area is 130 Å². The standard InChI is InChI=1S/C13H24N6OS/c1-3-17-6-8-18(9-7-17)10-19-13(21)16(2)12(15-19)5-4-11(14)20/h3-10H2,1-2H3,(H2,14,20). The molecule has 1 saturated heterocycles. The lowest BCUT2D eigenvalue weighted by molar-refractivity contribution is -0.118. The van der Waals surface area contributed by atoms with Gasteiger partial charge >= 0.3 is 0 Å². The maximum absolute atomic E-state index is 10.9. The fraction of sp³-hybridized carbons (Fsp3) is 0.769. The molecule has 0 unspecified atom stereocenters. The Morgan fingerprint density at radius 1 is 1.29 bits per heavy atom. The molecule has 0 aliphatic carbocycles. The Kier molecular flexibility index (Phi) is 5.49. The van der Waals surface area contributed by atoms with Crippen LogP contribution in [0.5, 0.6) is 0 Å². The van der Waals surface area contributed by atoms with E-state index in [1.165, 1.54) is 0 Å². The molecule has 1 amide bonds. The molecule has 0 saturated carbocycles. The molecule has 1 aromatic rings. The molecule has 21 heavy (non-hydrogen) atoms. The molecule has 1 aliphatic heterocycles. The first kappa shape index (κ1) is 16.1. The van der Waals surface area contributed by atoms with Crippen molar-refractivity contribution in [2.24, 2.45) is 12.8 Å². The molecule has 1 aliphatic rings. The summed E-state index contributed by atoms with van der Waals surface area (Å²) in [5.41, 5.74) is 5.19. The van der Waals surface area contributed by atoms with Crippen molar-refractivity contribution in [3.05, 3.63) is 10.6 Å². The summed E-state index contributed by atoms with van der Waals surface area (Å²) in [5, 5.41) is 4.53. The van der Waals surface area contributed by atoms with E-state index in [4.69, 9.17) is 18.0 Å². The van der Waals surface area contributed by atoms with Gasteiger partial charge in [0.2, 0.25) is 5.91 Å². The van der Waals surface area contributed by atoms with Gasteiger partial charge in [0.1, 0.15) is 5.82 Å². The van der Waals surface area contributed by atoms with Gasteiger partial charge in [-0.05, 0) is 18.8 Å². The predicted molar refractivity (Wildman–Crippen MR) is 83.2 cm³/mol. The van der Waals surface area contributed by atoms with E-state index in [-0.39, 0.29) is 5.91 Å². The van der Waals surface area contributed by atoms with Crippen LogP contribution in [0.2, 0.25) is 0 Å². The van der Waals surface area contributed by atoms with Gasteiger partial charge in [0.15, 0.2) is 4.77 Å². The van der Waals surface area contributed by atoms with Gasteiger partial charge in [0, 0.05) is 46.1 Å². The SMILES string of the molecule is CCN1CCN(Cn2nc(CCC(N)=O)n(C)c2=S)CC1. The van der Waals surface area contributed by atoms with Gasteiger partial charge in [0.25, 0.3) is 0 Å². The summed E-state index contributed by atoms with van der Waals surface area (Å²) in [7, 11) is 1.89. The molecule has 1 fully saturated rings.